The number of hydrogen-bond donors (Lipinski definition) is 1. The van der Waals surface area contributed by atoms with Crippen LogP contribution >= 0.6 is 15.9 Å². The molecule has 108 valence electrons. The molecule has 0 bridgehead atoms. The van der Waals surface area contributed by atoms with Gasteiger partial charge in [-0.1, -0.05) is 73.2 Å². The largest absolute Gasteiger partial charge is 0.308 e. The SMILES string of the molecule is CCCCCCCC(C)NC(C)c1ccccc1Br. The van der Waals surface area contributed by atoms with Gasteiger partial charge < -0.3 is 5.32 Å². The quantitative estimate of drug-likeness (QED) is 0.561. The smallest absolute Gasteiger partial charge is 0.0305 e. The van der Waals surface area contributed by atoms with Crippen molar-refractivity contribution in [1.29, 1.82) is 0 Å². The molecule has 1 aromatic rings. The van der Waals surface area contributed by atoms with Gasteiger partial charge in [0.25, 0.3) is 0 Å². The number of halogens is 1. The lowest BCUT2D eigenvalue weighted by atomic mass is 10.0. The maximum atomic E-state index is 3.70. The molecule has 0 radical (unpaired) electrons. The van der Waals surface area contributed by atoms with E-state index in [2.05, 4.69) is 66.3 Å². The van der Waals surface area contributed by atoms with Crippen molar-refractivity contribution < 1.29 is 0 Å². The molecular weight excluding hydrogens is 298 g/mol. The molecule has 19 heavy (non-hydrogen) atoms. The summed E-state index contributed by atoms with van der Waals surface area (Å²) in [6.45, 7) is 6.81. The number of unbranched alkanes of at least 4 members (excludes halogenated alkanes) is 4. The highest BCUT2D eigenvalue weighted by molar-refractivity contribution is 9.10. The monoisotopic (exact) mass is 325 g/mol. The third-order valence-corrected chi connectivity index (χ3v) is 4.37. The van der Waals surface area contributed by atoms with E-state index in [0.717, 1.165) is 0 Å². The topological polar surface area (TPSA) is 12.0 Å². The molecule has 2 heteroatoms. The van der Waals surface area contributed by atoms with Gasteiger partial charge in [0.05, 0.1) is 0 Å². The number of rotatable bonds is 9. The summed E-state index contributed by atoms with van der Waals surface area (Å²) in [5.74, 6) is 0. The highest BCUT2D eigenvalue weighted by Crippen LogP contribution is 2.23. The molecule has 0 heterocycles. The van der Waals surface area contributed by atoms with Crippen molar-refractivity contribution in [1.82, 2.24) is 5.32 Å². The van der Waals surface area contributed by atoms with Gasteiger partial charge in [0, 0.05) is 16.6 Å². The zero-order valence-corrected chi connectivity index (χ0v) is 14.2. The van der Waals surface area contributed by atoms with Crippen LogP contribution in [-0.4, -0.2) is 6.04 Å². The van der Waals surface area contributed by atoms with E-state index in [1.165, 1.54) is 48.6 Å². The fourth-order valence-electron chi connectivity index (χ4n) is 2.48. The van der Waals surface area contributed by atoms with Gasteiger partial charge in [-0.25, -0.2) is 0 Å². The minimum absolute atomic E-state index is 0.404. The van der Waals surface area contributed by atoms with Crippen molar-refractivity contribution >= 4 is 15.9 Å². The van der Waals surface area contributed by atoms with Crippen LogP contribution in [0.5, 0.6) is 0 Å². The maximum absolute atomic E-state index is 3.70. The van der Waals surface area contributed by atoms with Gasteiger partial charge >= 0.3 is 0 Å². The summed E-state index contributed by atoms with van der Waals surface area (Å²) >= 11 is 3.63. The first kappa shape index (κ1) is 16.7. The average molecular weight is 326 g/mol. The molecule has 0 spiro atoms. The summed E-state index contributed by atoms with van der Waals surface area (Å²) in [7, 11) is 0. The Kier molecular flexibility index (Phi) is 8.40. The van der Waals surface area contributed by atoms with Crippen molar-refractivity contribution in [2.45, 2.75) is 71.4 Å². The van der Waals surface area contributed by atoms with Crippen molar-refractivity contribution in [2.75, 3.05) is 0 Å². The van der Waals surface area contributed by atoms with E-state index in [1.54, 1.807) is 0 Å². The molecule has 2 unspecified atom stereocenters. The Balaban J connectivity index is 2.28. The third-order valence-electron chi connectivity index (χ3n) is 3.65. The molecule has 0 aliphatic heterocycles. The van der Waals surface area contributed by atoms with Gasteiger partial charge in [0.1, 0.15) is 0 Å². The van der Waals surface area contributed by atoms with Crippen molar-refractivity contribution in [2.24, 2.45) is 0 Å². The molecule has 0 saturated carbocycles. The van der Waals surface area contributed by atoms with Gasteiger partial charge in [0.2, 0.25) is 0 Å². The summed E-state index contributed by atoms with van der Waals surface area (Å²) in [4.78, 5) is 0. The number of nitrogens with one attached hydrogen (secondary N) is 1. The van der Waals surface area contributed by atoms with Gasteiger partial charge in [-0.2, -0.15) is 0 Å². The molecule has 0 fully saturated rings. The molecule has 0 aliphatic carbocycles. The number of hydrogen-bond acceptors (Lipinski definition) is 1. The van der Waals surface area contributed by atoms with Gasteiger partial charge in [-0.3, -0.25) is 0 Å². The van der Waals surface area contributed by atoms with Crippen LogP contribution in [0, 0.1) is 0 Å². The highest BCUT2D eigenvalue weighted by Gasteiger charge is 2.11. The average Bonchev–Trinajstić information content (AvgIpc) is 2.39. The van der Waals surface area contributed by atoms with Gasteiger partial charge in [0.15, 0.2) is 0 Å². The molecule has 2 atom stereocenters. The summed E-state index contributed by atoms with van der Waals surface area (Å²) in [5.41, 5.74) is 1.35. The molecule has 1 rings (SSSR count). The third kappa shape index (κ3) is 6.58. The van der Waals surface area contributed by atoms with Crippen molar-refractivity contribution in [3.8, 4) is 0 Å². The summed E-state index contributed by atoms with van der Waals surface area (Å²) in [6.07, 6.45) is 8.10. The van der Waals surface area contributed by atoms with Crippen LogP contribution in [0.4, 0.5) is 0 Å². The van der Waals surface area contributed by atoms with E-state index in [4.69, 9.17) is 0 Å². The Morgan fingerprint density at radius 2 is 1.74 bits per heavy atom. The molecule has 1 N–H and O–H groups in total. The van der Waals surface area contributed by atoms with E-state index >= 15 is 0 Å². The molecular formula is C17H28BrN. The molecule has 1 aromatic carbocycles. The van der Waals surface area contributed by atoms with Crippen molar-refractivity contribution in [3.05, 3.63) is 34.3 Å². The Morgan fingerprint density at radius 3 is 2.42 bits per heavy atom. The second-order valence-corrected chi connectivity index (χ2v) is 6.37. The first-order valence-corrected chi connectivity index (χ1v) is 8.45. The molecule has 0 amide bonds. The van der Waals surface area contributed by atoms with Crippen LogP contribution in [0.2, 0.25) is 0 Å². The Morgan fingerprint density at radius 1 is 1.05 bits per heavy atom. The first-order chi connectivity index (χ1) is 9.15. The highest BCUT2D eigenvalue weighted by atomic mass is 79.9. The standard InChI is InChI=1S/C17H28BrN/c1-4-5-6-7-8-11-14(2)19-15(3)16-12-9-10-13-17(16)18/h9-10,12-15,19H,4-8,11H2,1-3H3. The first-order valence-electron chi connectivity index (χ1n) is 7.65. The lowest BCUT2D eigenvalue weighted by molar-refractivity contribution is 0.436. The van der Waals surface area contributed by atoms with Crippen LogP contribution in [0.25, 0.3) is 0 Å². The predicted octanol–water partition coefficient (Wildman–Crippen LogP) is 5.85. The fourth-order valence-corrected chi connectivity index (χ4v) is 3.11. The van der Waals surface area contributed by atoms with E-state index in [0.29, 0.717) is 12.1 Å². The van der Waals surface area contributed by atoms with Crippen LogP contribution in [-0.2, 0) is 0 Å². The molecule has 0 aromatic heterocycles. The summed E-state index contributed by atoms with van der Waals surface area (Å²) in [6, 6.07) is 9.47. The van der Waals surface area contributed by atoms with Crippen LogP contribution < -0.4 is 5.32 Å². The van der Waals surface area contributed by atoms with Crippen LogP contribution in [0.15, 0.2) is 28.7 Å². The minimum atomic E-state index is 0.404. The molecule has 1 nitrogen and oxygen atoms in total. The number of benzene rings is 1. The zero-order chi connectivity index (χ0) is 14.1. The van der Waals surface area contributed by atoms with Gasteiger partial charge in [-0.05, 0) is 31.9 Å². The molecule has 0 aliphatic rings. The van der Waals surface area contributed by atoms with E-state index in [1.807, 2.05) is 0 Å². The predicted molar refractivity (Wildman–Crippen MR) is 88.5 cm³/mol. The zero-order valence-electron chi connectivity index (χ0n) is 12.6. The minimum Gasteiger partial charge on any atom is -0.308 e. The van der Waals surface area contributed by atoms with E-state index in [9.17, 15) is 0 Å². The van der Waals surface area contributed by atoms with Crippen LogP contribution in [0.1, 0.15) is 70.9 Å². The Bertz CT molecular complexity index is 351. The second kappa shape index (κ2) is 9.55. The summed E-state index contributed by atoms with van der Waals surface area (Å²) < 4.78 is 1.20. The normalized spacial score (nSPS) is 14.3. The lowest BCUT2D eigenvalue weighted by Crippen LogP contribution is -2.29. The Labute approximate surface area is 127 Å². The van der Waals surface area contributed by atoms with Crippen LogP contribution in [0.3, 0.4) is 0 Å². The van der Waals surface area contributed by atoms with Gasteiger partial charge in [-0.15, -0.1) is 0 Å². The molecule has 0 saturated heterocycles. The van der Waals surface area contributed by atoms with E-state index in [-0.39, 0.29) is 0 Å². The van der Waals surface area contributed by atoms with Crippen molar-refractivity contribution in [3.63, 3.8) is 0 Å². The summed E-state index contributed by atoms with van der Waals surface area (Å²) in [5, 5.41) is 3.70. The Hall–Kier alpha value is -0.340. The maximum Gasteiger partial charge on any atom is 0.0305 e. The second-order valence-electron chi connectivity index (χ2n) is 5.51. The fraction of sp³-hybridized carbons (Fsp3) is 0.647. The van der Waals surface area contributed by atoms with E-state index < -0.39 is 0 Å². The lowest BCUT2D eigenvalue weighted by Gasteiger charge is -2.21.